The summed E-state index contributed by atoms with van der Waals surface area (Å²) in [7, 11) is 0. The summed E-state index contributed by atoms with van der Waals surface area (Å²) in [6.45, 7) is 4.19. The maximum absolute atomic E-state index is 10.9. The van der Waals surface area contributed by atoms with Crippen LogP contribution in [0, 0.1) is 23.2 Å². The molecule has 2 rings (SSSR count). The van der Waals surface area contributed by atoms with Gasteiger partial charge < -0.3 is 5.11 Å². The lowest BCUT2D eigenvalue weighted by Gasteiger charge is -2.08. The van der Waals surface area contributed by atoms with Gasteiger partial charge in [0.2, 0.25) is 0 Å². The topological polar surface area (TPSA) is 37.3 Å². The third-order valence-corrected chi connectivity index (χ3v) is 4.84. The first-order chi connectivity index (χ1) is 6.05. The van der Waals surface area contributed by atoms with E-state index in [4.69, 9.17) is 5.11 Å². The zero-order chi connectivity index (χ0) is 9.64. The van der Waals surface area contributed by atoms with E-state index in [-0.39, 0.29) is 11.3 Å². The van der Waals surface area contributed by atoms with E-state index in [1.165, 1.54) is 17.9 Å². The van der Waals surface area contributed by atoms with Crippen molar-refractivity contribution in [2.45, 2.75) is 20.3 Å². The van der Waals surface area contributed by atoms with Gasteiger partial charge in [-0.15, -0.1) is 0 Å². The molecule has 0 aromatic heterocycles. The highest BCUT2D eigenvalue weighted by molar-refractivity contribution is 7.99. The van der Waals surface area contributed by atoms with E-state index in [0.717, 1.165) is 0 Å². The van der Waals surface area contributed by atoms with Crippen LogP contribution in [-0.4, -0.2) is 22.6 Å². The van der Waals surface area contributed by atoms with Gasteiger partial charge in [-0.3, -0.25) is 4.79 Å². The van der Waals surface area contributed by atoms with Crippen molar-refractivity contribution in [1.82, 2.24) is 0 Å². The molecule has 0 amide bonds. The summed E-state index contributed by atoms with van der Waals surface area (Å²) in [5.41, 5.74) is 0.0569. The molecule has 3 heteroatoms. The fourth-order valence-electron chi connectivity index (χ4n) is 2.87. The van der Waals surface area contributed by atoms with Crippen molar-refractivity contribution in [3.63, 3.8) is 0 Å². The van der Waals surface area contributed by atoms with Gasteiger partial charge in [0.05, 0.1) is 5.92 Å². The highest BCUT2D eigenvalue weighted by atomic mass is 32.2. The molecule has 2 fully saturated rings. The predicted octanol–water partition coefficient (Wildman–Crippen LogP) is 2.10. The summed E-state index contributed by atoms with van der Waals surface area (Å²) < 4.78 is 0. The van der Waals surface area contributed by atoms with Crippen molar-refractivity contribution in [2.75, 3.05) is 11.5 Å². The van der Waals surface area contributed by atoms with E-state index >= 15 is 0 Å². The van der Waals surface area contributed by atoms with Crippen LogP contribution in [0.3, 0.4) is 0 Å². The Bertz CT molecular complexity index is 231. The number of rotatable bonds is 2. The number of aliphatic carboxylic acids is 1. The molecule has 0 bridgehead atoms. The molecular formula is C10H16O2S. The van der Waals surface area contributed by atoms with Gasteiger partial charge in [0.25, 0.3) is 0 Å². The van der Waals surface area contributed by atoms with Crippen molar-refractivity contribution in [3.8, 4) is 0 Å². The molecule has 1 saturated heterocycles. The number of thioether (sulfide) groups is 1. The zero-order valence-corrected chi connectivity index (χ0v) is 8.93. The first-order valence-corrected chi connectivity index (χ1v) is 6.01. The van der Waals surface area contributed by atoms with Crippen LogP contribution in [0.1, 0.15) is 20.3 Å². The third-order valence-electron chi connectivity index (χ3n) is 3.65. The molecule has 1 aliphatic carbocycles. The quantitative estimate of drug-likeness (QED) is 0.741. The lowest BCUT2D eigenvalue weighted by molar-refractivity contribution is -0.139. The maximum Gasteiger partial charge on any atom is 0.307 e. The molecule has 0 aromatic carbocycles. The lowest BCUT2D eigenvalue weighted by atomic mass is 9.97. The second-order valence-electron chi connectivity index (χ2n) is 4.79. The summed E-state index contributed by atoms with van der Waals surface area (Å²) in [5, 5.41) is 9.01. The van der Waals surface area contributed by atoms with Crippen LogP contribution in [0.15, 0.2) is 0 Å². The van der Waals surface area contributed by atoms with Crippen LogP contribution in [0.4, 0.5) is 0 Å². The fraction of sp³-hybridized carbons (Fsp3) is 0.900. The minimum atomic E-state index is -0.591. The minimum absolute atomic E-state index is 0.0569. The maximum atomic E-state index is 10.9. The SMILES string of the molecule is CC1(C)[C@H](C(=O)O)[C@H]1C1CCSC1. The van der Waals surface area contributed by atoms with E-state index in [9.17, 15) is 4.79 Å². The minimum Gasteiger partial charge on any atom is -0.481 e. The molecule has 1 aliphatic heterocycles. The van der Waals surface area contributed by atoms with Crippen LogP contribution < -0.4 is 0 Å². The number of hydrogen-bond acceptors (Lipinski definition) is 2. The Hall–Kier alpha value is -0.180. The summed E-state index contributed by atoms with van der Waals surface area (Å²) >= 11 is 1.97. The Labute approximate surface area is 83.1 Å². The molecule has 1 unspecified atom stereocenters. The Morgan fingerprint density at radius 3 is 2.62 bits per heavy atom. The Kier molecular flexibility index (Phi) is 2.10. The van der Waals surface area contributed by atoms with Crippen molar-refractivity contribution >= 4 is 17.7 Å². The standard InChI is InChI=1S/C10H16O2S/c1-10(2)7(8(10)9(11)12)6-3-4-13-5-6/h6-8H,3-5H2,1-2H3,(H,11,12)/t6?,7-,8+/m1/s1. The van der Waals surface area contributed by atoms with Gasteiger partial charge in [-0.1, -0.05) is 13.8 Å². The molecule has 1 saturated carbocycles. The number of carboxylic acids is 1. The molecule has 2 aliphatic rings. The molecule has 3 atom stereocenters. The molecular weight excluding hydrogens is 184 g/mol. The normalized spacial score (nSPS) is 41.8. The average molecular weight is 200 g/mol. The number of hydrogen-bond donors (Lipinski definition) is 1. The van der Waals surface area contributed by atoms with E-state index in [1.54, 1.807) is 0 Å². The average Bonchev–Trinajstić information content (AvgIpc) is 2.50. The Morgan fingerprint density at radius 2 is 2.23 bits per heavy atom. The van der Waals surface area contributed by atoms with Gasteiger partial charge in [-0.25, -0.2) is 0 Å². The van der Waals surface area contributed by atoms with Gasteiger partial charge in [0.15, 0.2) is 0 Å². The van der Waals surface area contributed by atoms with Crippen molar-refractivity contribution < 1.29 is 9.90 Å². The van der Waals surface area contributed by atoms with E-state index in [2.05, 4.69) is 13.8 Å². The van der Waals surface area contributed by atoms with Crippen LogP contribution in [0.25, 0.3) is 0 Å². The van der Waals surface area contributed by atoms with E-state index in [1.807, 2.05) is 11.8 Å². The lowest BCUT2D eigenvalue weighted by Crippen LogP contribution is -2.07. The zero-order valence-electron chi connectivity index (χ0n) is 8.12. The highest BCUT2D eigenvalue weighted by Gasteiger charge is 2.64. The summed E-state index contributed by atoms with van der Waals surface area (Å²) in [4.78, 5) is 10.9. The van der Waals surface area contributed by atoms with Gasteiger partial charge in [0, 0.05) is 0 Å². The Morgan fingerprint density at radius 1 is 1.54 bits per heavy atom. The molecule has 0 aromatic rings. The number of carbonyl (C=O) groups is 1. The Balaban J connectivity index is 2.05. The first-order valence-electron chi connectivity index (χ1n) is 4.85. The van der Waals surface area contributed by atoms with Crippen molar-refractivity contribution in [3.05, 3.63) is 0 Å². The summed E-state index contributed by atoms with van der Waals surface area (Å²) in [5.74, 6) is 2.85. The van der Waals surface area contributed by atoms with Crippen molar-refractivity contribution in [2.24, 2.45) is 23.2 Å². The highest BCUT2D eigenvalue weighted by Crippen LogP contribution is 2.63. The fourth-order valence-corrected chi connectivity index (χ4v) is 4.18. The smallest absolute Gasteiger partial charge is 0.307 e. The predicted molar refractivity (Wildman–Crippen MR) is 53.8 cm³/mol. The number of carboxylic acid groups (broad SMARTS) is 1. The monoisotopic (exact) mass is 200 g/mol. The molecule has 0 spiro atoms. The van der Waals surface area contributed by atoms with Crippen LogP contribution in [-0.2, 0) is 4.79 Å². The summed E-state index contributed by atoms with van der Waals surface area (Å²) in [6, 6.07) is 0. The third kappa shape index (κ3) is 1.37. The van der Waals surface area contributed by atoms with Gasteiger partial charge in [0.1, 0.15) is 0 Å². The second-order valence-corrected chi connectivity index (χ2v) is 5.94. The largest absolute Gasteiger partial charge is 0.481 e. The molecule has 74 valence electrons. The van der Waals surface area contributed by atoms with Crippen LogP contribution in [0.2, 0.25) is 0 Å². The molecule has 13 heavy (non-hydrogen) atoms. The molecule has 2 nitrogen and oxygen atoms in total. The molecule has 0 radical (unpaired) electrons. The van der Waals surface area contributed by atoms with Crippen LogP contribution in [0.5, 0.6) is 0 Å². The van der Waals surface area contributed by atoms with E-state index in [0.29, 0.717) is 11.8 Å². The summed E-state index contributed by atoms with van der Waals surface area (Å²) in [6.07, 6.45) is 1.22. The molecule has 1 heterocycles. The van der Waals surface area contributed by atoms with Gasteiger partial charge >= 0.3 is 5.97 Å². The van der Waals surface area contributed by atoms with Gasteiger partial charge in [-0.2, -0.15) is 11.8 Å². The van der Waals surface area contributed by atoms with Crippen molar-refractivity contribution in [1.29, 1.82) is 0 Å². The first kappa shape index (κ1) is 9.38. The van der Waals surface area contributed by atoms with E-state index < -0.39 is 5.97 Å². The van der Waals surface area contributed by atoms with Crippen LogP contribution >= 0.6 is 11.8 Å². The molecule has 1 N–H and O–H groups in total. The van der Waals surface area contributed by atoms with Gasteiger partial charge in [-0.05, 0) is 35.2 Å². The second kappa shape index (κ2) is 2.91.